The van der Waals surface area contributed by atoms with Crippen molar-refractivity contribution in [3.63, 3.8) is 0 Å². The van der Waals surface area contributed by atoms with Gasteiger partial charge >= 0.3 is 0 Å². The van der Waals surface area contributed by atoms with Gasteiger partial charge in [-0.2, -0.15) is 0 Å². The number of benzene rings is 2. The second kappa shape index (κ2) is 7.09. The lowest BCUT2D eigenvalue weighted by Gasteiger charge is -2.11. The number of hydrogen-bond donors (Lipinski definition) is 6. The molecule has 0 saturated carbocycles. The summed E-state index contributed by atoms with van der Waals surface area (Å²) >= 11 is 0. The van der Waals surface area contributed by atoms with Gasteiger partial charge in [-0.25, -0.2) is 0 Å². The predicted octanol–water partition coefficient (Wildman–Crippen LogP) is 0.856. The molecule has 2 aromatic heterocycles. The quantitative estimate of drug-likeness (QED) is 0.270. The molecule has 2 aromatic carbocycles. The molecule has 0 aliphatic rings. The Bertz CT molecular complexity index is 1340. The third kappa shape index (κ3) is 3.02. The van der Waals surface area contributed by atoms with Gasteiger partial charge in [0.05, 0.1) is 11.0 Å². The third-order valence-electron chi connectivity index (χ3n) is 4.53. The second-order valence-corrected chi connectivity index (χ2v) is 6.35. The molecular formula is C20H14N4O6. The number of hydrogen-bond acceptors (Lipinski definition) is 6. The molecule has 0 unspecified atom stereocenters. The zero-order valence-electron chi connectivity index (χ0n) is 15.1. The second-order valence-electron chi connectivity index (χ2n) is 6.35. The zero-order chi connectivity index (χ0) is 21.4. The van der Waals surface area contributed by atoms with Gasteiger partial charge in [-0.3, -0.25) is 30.0 Å². The Morgan fingerprint density at radius 1 is 0.667 bits per heavy atom. The molecule has 0 fully saturated rings. The van der Waals surface area contributed by atoms with Crippen molar-refractivity contribution in [1.29, 1.82) is 0 Å². The Morgan fingerprint density at radius 3 is 1.43 bits per heavy atom. The average Bonchev–Trinajstić information content (AvgIpc) is 2.72. The van der Waals surface area contributed by atoms with E-state index in [1.165, 1.54) is 12.1 Å². The number of aromatic nitrogens is 2. The fraction of sp³-hybridized carbons (Fsp3) is 0. The Morgan fingerprint density at radius 2 is 1.03 bits per heavy atom. The van der Waals surface area contributed by atoms with Crippen LogP contribution in [0.15, 0.2) is 58.1 Å². The molecule has 0 atom stereocenters. The van der Waals surface area contributed by atoms with Gasteiger partial charge in [-0.1, -0.05) is 24.3 Å². The Labute approximate surface area is 166 Å². The van der Waals surface area contributed by atoms with Crippen LogP contribution >= 0.6 is 0 Å². The van der Waals surface area contributed by atoms with Crippen molar-refractivity contribution in [2.75, 3.05) is 0 Å². The number of hydrazine groups is 1. The van der Waals surface area contributed by atoms with Crippen LogP contribution in [0, 0.1) is 0 Å². The highest BCUT2D eigenvalue weighted by molar-refractivity contribution is 6.05. The number of nitrogens with one attached hydrogen (secondary N) is 4. The molecule has 0 spiro atoms. The van der Waals surface area contributed by atoms with Crippen molar-refractivity contribution >= 4 is 33.6 Å². The first-order valence-electron chi connectivity index (χ1n) is 8.67. The zero-order valence-corrected chi connectivity index (χ0v) is 15.1. The molecule has 0 bridgehead atoms. The number of fused-ring (bicyclic) bond motifs is 2. The topological polar surface area (TPSA) is 164 Å². The molecule has 10 nitrogen and oxygen atoms in total. The van der Waals surface area contributed by atoms with E-state index in [1.54, 1.807) is 36.4 Å². The number of aromatic hydroxyl groups is 2. The Hall–Kier alpha value is -4.60. The van der Waals surface area contributed by atoms with Crippen molar-refractivity contribution in [3.8, 4) is 11.5 Å². The maximum Gasteiger partial charge on any atom is 0.279 e. The summed E-state index contributed by atoms with van der Waals surface area (Å²) in [4.78, 5) is 54.1. The van der Waals surface area contributed by atoms with Crippen molar-refractivity contribution < 1.29 is 19.8 Å². The molecule has 4 aromatic rings. The van der Waals surface area contributed by atoms with E-state index in [0.717, 1.165) is 0 Å². The summed E-state index contributed by atoms with van der Waals surface area (Å²) in [5, 5.41) is 21.1. The van der Waals surface area contributed by atoms with Gasteiger partial charge in [0.1, 0.15) is 22.6 Å². The third-order valence-corrected chi connectivity index (χ3v) is 4.53. The summed E-state index contributed by atoms with van der Waals surface area (Å²) in [6.45, 7) is 0. The van der Waals surface area contributed by atoms with Crippen LogP contribution in [0.25, 0.3) is 21.8 Å². The van der Waals surface area contributed by atoms with E-state index >= 15 is 0 Å². The van der Waals surface area contributed by atoms with Gasteiger partial charge in [0.25, 0.3) is 22.9 Å². The molecule has 2 heterocycles. The first kappa shape index (κ1) is 18.7. The number of amides is 2. The normalized spacial score (nSPS) is 10.8. The lowest BCUT2D eigenvalue weighted by atomic mass is 10.1. The maximum absolute atomic E-state index is 12.4. The highest BCUT2D eigenvalue weighted by Gasteiger charge is 2.22. The first-order chi connectivity index (χ1) is 14.4. The van der Waals surface area contributed by atoms with Gasteiger partial charge in [0.2, 0.25) is 0 Å². The largest absolute Gasteiger partial charge is 0.506 e. The van der Waals surface area contributed by atoms with E-state index in [-0.39, 0.29) is 10.8 Å². The number of aromatic amines is 2. The fourth-order valence-corrected chi connectivity index (χ4v) is 3.11. The van der Waals surface area contributed by atoms with Crippen molar-refractivity contribution in [1.82, 2.24) is 20.8 Å². The van der Waals surface area contributed by atoms with Crippen LogP contribution in [0.3, 0.4) is 0 Å². The highest BCUT2D eigenvalue weighted by atomic mass is 16.3. The molecule has 30 heavy (non-hydrogen) atoms. The van der Waals surface area contributed by atoms with E-state index in [4.69, 9.17) is 0 Å². The van der Waals surface area contributed by atoms with Gasteiger partial charge in [-0.05, 0) is 24.3 Å². The molecule has 2 amide bonds. The molecular weight excluding hydrogens is 392 g/mol. The van der Waals surface area contributed by atoms with E-state index < -0.39 is 45.6 Å². The highest BCUT2D eigenvalue weighted by Crippen LogP contribution is 2.25. The van der Waals surface area contributed by atoms with Crippen molar-refractivity contribution in [2.45, 2.75) is 0 Å². The molecule has 10 heteroatoms. The standard InChI is InChI=1S/C20H14N4O6/c25-15-9-5-1-3-7-11(9)21-17(27)13(15)19(29)23-24-20(30)14-16(26)10-6-2-4-8-12(10)22-18(14)28/h1-8H,(H,23,29)(H,24,30)(H2,21,25,27)(H2,22,26,28). The molecule has 0 aliphatic carbocycles. The Balaban J connectivity index is 1.63. The van der Waals surface area contributed by atoms with Crippen LogP contribution in [0.4, 0.5) is 0 Å². The van der Waals surface area contributed by atoms with E-state index in [0.29, 0.717) is 11.0 Å². The predicted molar refractivity (Wildman–Crippen MR) is 107 cm³/mol. The van der Waals surface area contributed by atoms with E-state index in [1.807, 2.05) is 10.9 Å². The molecule has 0 radical (unpaired) electrons. The molecule has 6 N–H and O–H groups in total. The number of pyridine rings is 2. The maximum atomic E-state index is 12.4. The molecule has 150 valence electrons. The SMILES string of the molecule is O=C(NNC(=O)c1c(O)c2ccccc2[nH]c1=O)c1c(O)c2ccccc2[nH]c1=O. The lowest BCUT2D eigenvalue weighted by Crippen LogP contribution is -2.44. The number of para-hydroxylation sites is 2. The summed E-state index contributed by atoms with van der Waals surface area (Å²) in [7, 11) is 0. The minimum absolute atomic E-state index is 0.234. The summed E-state index contributed by atoms with van der Waals surface area (Å²) in [6.07, 6.45) is 0. The van der Waals surface area contributed by atoms with E-state index in [9.17, 15) is 29.4 Å². The van der Waals surface area contributed by atoms with Crippen molar-refractivity contribution in [3.05, 3.63) is 80.4 Å². The van der Waals surface area contributed by atoms with Crippen LogP contribution in [0.1, 0.15) is 20.7 Å². The summed E-state index contributed by atoms with van der Waals surface area (Å²) in [5.74, 6) is -3.34. The smallest absolute Gasteiger partial charge is 0.279 e. The minimum atomic E-state index is -1.11. The molecule has 0 aliphatic heterocycles. The van der Waals surface area contributed by atoms with Crippen LogP contribution in [0.2, 0.25) is 0 Å². The summed E-state index contributed by atoms with van der Waals surface area (Å²) in [5.41, 5.74) is 1.60. The number of carbonyl (C=O) groups excluding carboxylic acids is 2. The fourth-order valence-electron chi connectivity index (χ4n) is 3.11. The summed E-state index contributed by atoms with van der Waals surface area (Å²) < 4.78 is 0. The average molecular weight is 406 g/mol. The van der Waals surface area contributed by atoms with Crippen LogP contribution < -0.4 is 22.0 Å². The van der Waals surface area contributed by atoms with E-state index in [2.05, 4.69) is 9.97 Å². The summed E-state index contributed by atoms with van der Waals surface area (Å²) in [6, 6.07) is 12.6. The lowest BCUT2D eigenvalue weighted by molar-refractivity contribution is 0.0842. The van der Waals surface area contributed by atoms with Crippen LogP contribution in [-0.2, 0) is 0 Å². The Kier molecular flexibility index (Phi) is 4.43. The monoisotopic (exact) mass is 406 g/mol. The minimum Gasteiger partial charge on any atom is -0.506 e. The van der Waals surface area contributed by atoms with Crippen LogP contribution in [0.5, 0.6) is 11.5 Å². The van der Waals surface area contributed by atoms with Crippen LogP contribution in [-0.4, -0.2) is 32.0 Å². The number of carbonyl (C=O) groups is 2. The van der Waals surface area contributed by atoms with Crippen molar-refractivity contribution in [2.24, 2.45) is 0 Å². The molecule has 4 rings (SSSR count). The van der Waals surface area contributed by atoms with Gasteiger partial charge in [0, 0.05) is 10.8 Å². The molecule has 0 saturated heterocycles. The van der Waals surface area contributed by atoms with Gasteiger partial charge in [-0.15, -0.1) is 0 Å². The van der Waals surface area contributed by atoms with Gasteiger partial charge in [0.15, 0.2) is 0 Å². The number of rotatable bonds is 2. The number of H-pyrrole nitrogens is 2. The van der Waals surface area contributed by atoms with Gasteiger partial charge < -0.3 is 20.2 Å². The first-order valence-corrected chi connectivity index (χ1v) is 8.67.